The number of benzene rings is 1. The lowest BCUT2D eigenvalue weighted by molar-refractivity contribution is 0.0962. The van der Waals surface area contributed by atoms with Crippen LogP contribution < -0.4 is 9.64 Å². The monoisotopic (exact) mass is 370 g/mol. The summed E-state index contributed by atoms with van der Waals surface area (Å²) >= 11 is 1.23. The fraction of sp³-hybridized carbons (Fsp3) is 0.222. The minimum Gasteiger partial charge on any atom is -0.484 e. The number of rotatable bonds is 2. The Balaban J connectivity index is 1.73. The smallest absolute Gasteiger partial charge is 0.270 e. The molecule has 0 radical (unpaired) electrons. The third-order valence-electron chi connectivity index (χ3n) is 3.99. The first-order chi connectivity index (χ1) is 12.5. The highest BCUT2D eigenvalue weighted by atomic mass is 32.1. The second kappa shape index (κ2) is 6.45. The standard InChI is InChI=1S/C18H15FN4O2S/c1-10-9-23(13-6-3-5-12(19)14(13)25-10)18(24)15-11(2)22-17(26-15)16-20-7-4-8-21-16/h3-8,10H,9H2,1-2H3/t10-/m0/s1. The zero-order valence-electron chi connectivity index (χ0n) is 14.1. The molecule has 0 saturated carbocycles. The lowest BCUT2D eigenvalue weighted by Gasteiger charge is -2.33. The van der Waals surface area contributed by atoms with Gasteiger partial charge in [-0.1, -0.05) is 6.07 Å². The van der Waals surface area contributed by atoms with E-state index in [9.17, 15) is 9.18 Å². The second-order valence-corrected chi connectivity index (χ2v) is 6.94. The van der Waals surface area contributed by atoms with Crippen molar-refractivity contribution < 1.29 is 13.9 Å². The molecule has 3 aromatic rings. The topological polar surface area (TPSA) is 68.2 Å². The number of halogens is 1. The summed E-state index contributed by atoms with van der Waals surface area (Å²) < 4.78 is 19.7. The lowest BCUT2D eigenvalue weighted by Crippen LogP contribution is -2.42. The second-order valence-electron chi connectivity index (χ2n) is 5.94. The van der Waals surface area contributed by atoms with Crippen LogP contribution in [0.2, 0.25) is 0 Å². The van der Waals surface area contributed by atoms with E-state index in [1.165, 1.54) is 17.4 Å². The van der Waals surface area contributed by atoms with E-state index in [1.807, 2.05) is 0 Å². The van der Waals surface area contributed by atoms with Crippen molar-refractivity contribution >= 4 is 22.9 Å². The molecule has 0 saturated heterocycles. The van der Waals surface area contributed by atoms with Gasteiger partial charge in [0.25, 0.3) is 5.91 Å². The number of hydrogen-bond acceptors (Lipinski definition) is 6. The first kappa shape index (κ1) is 16.6. The van der Waals surface area contributed by atoms with Crippen LogP contribution in [0.25, 0.3) is 10.8 Å². The molecule has 0 bridgehead atoms. The van der Waals surface area contributed by atoms with Gasteiger partial charge in [0.1, 0.15) is 11.0 Å². The first-order valence-corrected chi connectivity index (χ1v) is 8.88. The summed E-state index contributed by atoms with van der Waals surface area (Å²) in [6.07, 6.45) is 2.94. The Morgan fingerprint density at radius 1 is 1.31 bits per heavy atom. The lowest BCUT2D eigenvalue weighted by atomic mass is 10.1. The van der Waals surface area contributed by atoms with Gasteiger partial charge in [0.2, 0.25) is 0 Å². The summed E-state index contributed by atoms with van der Waals surface area (Å²) in [5, 5.41) is 0.576. The van der Waals surface area contributed by atoms with Crippen molar-refractivity contribution in [2.24, 2.45) is 0 Å². The van der Waals surface area contributed by atoms with Gasteiger partial charge in [-0.3, -0.25) is 4.79 Å². The van der Waals surface area contributed by atoms with Crippen LogP contribution in [-0.2, 0) is 0 Å². The summed E-state index contributed by atoms with van der Waals surface area (Å²) in [7, 11) is 0. The predicted molar refractivity (Wildman–Crippen MR) is 96.0 cm³/mol. The highest BCUT2D eigenvalue weighted by Crippen LogP contribution is 2.37. The summed E-state index contributed by atoms with van der Waals surface area (Å²) in [5.41, 5.74) is 1.03. The minimum atomic E-state index is -0.480. The van der Waals surface area contributed by atoms with E-state index in [4.69, 9.17) is 4.74 Å². The van der Waals surface area contributed by atoms with Crippen molar-refractivity contribution in [3.05, 3.63) is 53.0 Å². The van der Waals surface area contributed by atoms with E-state index in [2.05, 4.69) is 15.0 Å². The maximum atomic E-state index is 14.1. The number of para-hydroxylation sites is 1. The molecule has 1 atom stereocenters. The van der Waals surface area contributed by atoms with Gasteiger partial charge < -0.3 is 9.64 Å². The van der Waals surface area contributed by atoms with Crippen molar-refractivity contribution in [2.75, 3.05) is 11.4 Å². The fourth-order valence-corrected chi connectivity index (χ4v) is 3.80. The van der Waals surface area contributed by atoms with E-state index in [0.717, 1.165) is 0 Å². The van der Waals surface area contributed by atoms with Gasteiger partial charge >= 0.3 is 0 Å². The zero-order chi connectivity index (χ0) is 18.3. The van der Waals surface area contributed by atoms with Gasteiger partial charge in [0, 0.05) is 12.4 Å². The Hall–Kier alpha value is -2.87. The Morgan fingerprint density at radius 3 is 2.85 bits per heavy atom. The average Bonchev–Trinajstić information content (AvgIpc) is 3.04. The number of anilines is 1. The molecule has 8 heteroatoms. The number of aromatic nitrogens is 3. The number of hydrogen-bond donors (Lipinski definition) is 0. The predicted octanol–water partition coefficient (Wildman–Crippen LogP) is 3.48. The zero-order valence-corrected chi connectivity index (χ0v) is 15.0. The number of amides is 1. The fourth-order valence-electron chi connectivity index (χ4n) is 2.84. The van der Waals surface area contributed by atoms with Crippen molar-refractivity contribution in [1.29, 1.82) is 0 Å². The summed E-state index contributed by atoms with van der Waals surface area (Å²) in [4.78, 5) is 28.0. The molecular formula is C18H15FN4O2S. The summed E-state index contributed by atoms with van der Waals surface area (Å²) in [6, 6.07) is 6.29. The van der Waals surface area contributed by atoms with Crippen LogP contribution >= 0.6 is 11.3 Å². The molecule has 2 aromatic heterocycles. The third kappa shape index (κ3) is 2.82. The Bertz CT molecular complexity index is 977. The average molecular weight is 370 g/mol. The Labute approximate surface area is 153 Å². The summed E-state index contributed by atoms with van der Waals surface area (Å²) in [6.45, 7) is 3.91. The minimum absolute atomic E-state index is 0.105. The van der Waals surface area contributed by atoms with Gasteiger partial charge in [0.15, 0.2) is 22.4 Å². The van der Waals surface area contributed by atoms with Gasteiger partial charge in [-0.25, -0.2) is 19.3 Å². The quantitative estimate of drug-likeness (QED) is 0.691. The van der Waals surface area contributed by atoms with E-state index >= 15 is 0 Å². The molecule has 0 spiro atoms. The molecule has 26 heavy (non-hydrogen) atoms. The number of nitrogens with zero attached hydrogens (tertiary/aromatic N) is 4. The maximum absolute atomic E-state index is 14.1. The van der Waals surface area contributed by atoms with Crippen LogP contribution in [0.5, 0.6) is 5.75 Å². The normalized spacial score (nSPS) is 16.1. The van der Waals surface area contributed by atoms with Gasteiger partial charge in [-0.05, 0) is 32.0 Å². The van der Waals surface area contributed by atoms with Crippen LogP contribution in [0.15, 0.2) is 36.7 Å². The number of aryl methyl sites for hydroxylation is 1. The van der Waals surface area contributed by atoms with Crippen molar-refractivity contribution in [3.63, 3.8) is 0 Å². The molecule has 0 aliphatic carbocycles. The SMILES string of the molecule is Cc1nc(-c2ncccn2)sc1C(=O)N1C[C@H](C)Oc2c(F)cccc21. The van der Waals surface area contributed by atoms with Crippen LogP contribution in [-0.4, -0.2) is 33.5 Å². The molecule has 1 aromatic carbocycles. The molecule has 3 heterocycles. The highest BCUT2D eigenvalue weighted by Gasteiger charge is 2.32. The number of carbonyl (C=O) groups excluding carboxylic acids is 1. The van der Waals surface area contributed by atoms with E-state index in [1.54, 1.807) is 49.3 Å². The maximum Gasteiger partial charge on any atom is 0.270 e. The molecule has 1 aliphatic rings. The molecular weight excluding hydrogens is 355 g/mol. The molecule has 132 valence electrons. The number of fused-ring (bicyclic) bond motifs is 1. The third-order valence-corrected chi connectivity index (χ3v) is 5.13. The molecule has 0 N–H and O–H groups in total. The molecule has 6 nitrogen and oxygen atoms in total. The van der Waals surface area contributed by atoms with Gasteiger partial charge in [0.05, 0.1) is 17.9 Å². The van der Waals surface area contributed by atoms with Gasteiger partial charge in [-0.2, -0.15) is 0 Å². The van der Waals surface area contributed by atoms with Crippen LogP contribution in [0.4, 0.5) is 10.1 Å². The molecule has 1 aliphatic heterocycles. The molecule has 0 fully saturated rings. The molecule has 1 amide bonds. The van der Waals surface area contributed by atoms with Crippen molar-refractivity contribution in [2.45, 2.75) is 20.0 Å². The van der Waals surface area contributed by atoms with Gasteiger partial charge in [-0.15, -0.1) is 11.3 Å². The largest absolute Gasteiger partial charge is 0.484 e. The van der Waals surface area contributed by atoms with Crippen LogP contribution in [0.1, 0.15) is 22.3 Å². The van der Waals surface area contributed by atoms with E-state index in [0.29, 0.717) is 33.6 Å². The Morgan fingerprint density at radius 2 is 2.08 bits per heavy atom. The van der Waals surface area contributed by atoms with Crippen molar-refractivity contribution in [1.82, 2.24) is 15.0 Å². The first-order valence-electron chi connectivity index (χ1n) is 8.06. The number of carbonyl (C=O) groups is 1. The highest BCUT2D eigenvalue weighted by molar-refractivity contribution is 7.17. The van der Waals surface area contributed by atoms with E-state index in [-0.39, 0.29) is 17.8 Å². The molecule has 0 unspecified atom stereocenters. The van der Waals surface area contributed by atoms with Crippen LogP contribution in [0, 0.1) is 12.7 Å². The number of ether oxygens (including phenoxy) is 1. The van der Waals surface area contributed by atoms with Crippen LogP contribution in [0.3, 0.4) is 0 Å². The van der Waals surface area contributed by atoms with E-state index < -0.39 is 5.82 Å². The molecule has 4 rings (SSSR count). The number of thiazole rings is 1. The summed E-state index contributed by atoms with van der Waals surface area (Å²) in [5.74, 6) is -0.134. The van der Waals surface area contributed by atoms with Crippen molar-refractivity contribution in [3.8, 4) is 16.6 Å². The Kier molecular flexibility index (Phi) is 4.12.